The molecule has 0 aliphatic carbocycles. The van der Waals surface area contributed by atoms with Gasteiger partial charge >= 0.3 is 0 Å². The van der Waals surface area contributed by atoms with E-state index < -0.39 is 0 Å². The Morgan fingerprint density at radius 1 is 1.09 bits per heavy atom. The van der Waals surface area contributed by atoms with E-state index >= 15 is 0 Å². The largest absolute Gasteiger partial charge is 0.505 e. The van der Waals surface area contributed by atoms with Gasteiger partial charge in [0.25, 0.3) is 0 Å². The standard InChI is InChI=1S/C19H27N3O/c1-2-3-4-5-6-7-8-11-17(22-20)16-13-12-15-10-9-14-21-18(15)19(16)23/h9-10,12-14,23H,2-8,11,20H2,1H3. The lowest BCUT2D eigenvalue weighted by Gasteiger charge is -2.09. The van der Waals surface area contributed by atoms with Gasteiger partial charge in [0.15, 0.2) is 5.75 Å². The average Bonchev–Trinajstić information content (AvgIpc) is 2.59. The second-order valence-corrected chi connectivity index (χ2v) is 5.98. The fraction of sp³-hybridized carbons (Fsp3) is 0.474. The number of phenols is 1. The lowest BCUT2D eigenvalue weighted by molar-refractivity contribution is 0.479. The van der Waals surface area contributed by atoms with Crippen LogP contribution in [0.15, 0.2) is 35.6 Å². The average molecular weight is 313 g/mol. The van der Waals surface area contributed by atoms with Crippen LogP contribution in [0.25, 0.3) is 10.9 Å². The van der Waals surface area contributed by atoms with Crippen LogP contribution in [0.5, 0.6) is 5.75 Å². The molecule has 1 aromatic heterocycles. The summed E-state index contributed by atoms with van der Waals surface area (Å²) in [7, 11) is 0. The molecule has 1 aromatic carbocycles. The quantitative estimate of drug-likeness (QED) is 0.304. The van der Waals surface area contributed by atoms with Crippen molar-refractivity contribution < 1.29 is 5.11 Å². The fourth-order valence-corrected chi connectivity index (χ4v) is 2.88. The van der Waals surface area contributed by atoms with Crippen LogP contribution in [-0.4, -0.2) is 15.8 Å². The van der Waals surface area contributed by atoms with E-state index in [1.807, 2.05) is 24.3 Å². The van der Waals surface area contributed by atoms with Gasteiger partial charge in [-0.05, 0) is 25.0 Å². The highest BCUT2D eigenvalue weighted by atomic mass is 16.3. The maximum atomic E-state index is 10.5. The number of benzene rings is 1. The molecule has 0 bridgehead atoms. The van der Waals surface area contributed by atoms with Gasteiger partial charge in [0.05, 0.1) is 5.71 Å². The minimum Gasteiger partial charge on any atom is -0.505 e. The summed E-state index contributed by atoms with van der Waals surface area (Å²) >= 11 is 0. The van der Waals surface area contributed by atoms with E-state index in [0.717, 1.165) is 23.9 Å². The second-order valence-electron chi connectivity index (χ2n) is 5.98. The number of aromatic hydroxyl groups is 1. The van der Waals surface area contributed by atoms with E-state index in [-0.39, 0.29) is 5.75 Å². The molecule has 3 N–H and O–H groups in total. The summed E-state index contributed by atoms with van der Waals surface area (Å²) in [5.74, 6) is 5.73. The van der Waals surface area contributed by atoms with Crippen molar-refractivity contribution in [3.63, 3.8) is 0 Å². The molecule has 0 atom stereocenters. The normalized spacial score (nSPS) is 12.0. The van der Waals surface area contributed by atoms with Gasteiger partial charge in [0, 0.05) is 17.1 Å². The van der Waals surface area contributed by atoms with E-state index in [2.05, 4.69) is 17.0 Å². The van der Waals surface area contributed by atoms with Crippen molar-refractivity contribution in [2.45, 2.75) is 58.3 Å². The van der Waals surface area contributed by atoms with E-state index in [1.54, 1.807) is 6.20 Å². The number of nitrogens with two attached hydrogens (primary N) is 1. The summed E-state index contributed by atoms with van der Waals surface area (Å²) in [6.07, 6.45) is 11.2. The molecule has 124 valence electrons. The minimum absolute atomic E-state index is 0.176. The van der Waals surface area contributed by atoms with Gasteiger partial charge in [-0.25, -0.2) is 0 Å². The SMILES string of the molecule is CCCCCCCCCC(=NN)c1ccc2cccnc2c1O. The first-order valence-corrected chi connectivity index (χ1v) is 8.61. The number of nitrogens with zero attached hydrogens (tertiary/aromatic N) is 2. The van der Waals surface area contributed by atoms with Crippen molar-refractivity contribution in [3.05, 3.63) is 36.0 Å². The predicted octanol–water partition coefficient (Wildman–Crippen LogP) is 4.74. The molecular formula is C19H27N3O. The molecule has 4 nitrogen and oxygen atoms in total. The van der Waals surface area contributed by atoms with Crippen LogP contribution in [-0.2, 0) is 0 Å². The van der Waals surface area contributed by atoms with Crippen molar-refractivity contribution >= 4 is 16.6 Å². The molecule has 23 heavy (non-hydrogen) atoms. The van der Waals surface area contributed by atoms with Gasteiger partial charge in [0.1, 0.15) is 5.52 Å². The van der Waals surface area contributed by atoms with Crippen LogP contribution in [0, 0.1) is 0 Å². The number of rotatable bonds is 9. The molecule has 0 saturated carbocycles. The number of hydrogen-bond donors (Lipinski definition) is 2. The Hall–Kier alpha value is -2.10. The van der Waals surface area contributed by atoms with Gasteiger partial charge in [-0.3, -0.25) is 4.98 Å². The van der Waals surface area contributed by atoms with Crippen molar-refractivity contribution in [1.82, 2.24) is 4.98 Å². The zero-order valence-electron chi connectivity index (χ0n) is 14.0. The molecule has 2 rings (SSSR count). The minimum atomic E-state index is 0.176. The molecule has 0 saturated heterocycles. The lowest BCUT2D eigenvalue weighted by atomic mass is 10.00. The van der Waals surface area contributed by atoms with E-state index in [4.69, 9.17) is 5.84 Å². The van der Waals surface area contributed by atoms with Gasteiger partial charge in [-0.15, -0.1) is 0 Å². The third-order valence-electron chi connectivity index (χ3n) is 4.23. The van der Waals surface area contributed by atoms with E-state index in [0.29, 0.717) is 11.1 Å². The van der Waals surface area contributed by atoms with Crippen LogP contribution < -0.4 is 5.84 Å². The summed E-state index contributed by atoms with van der Waals surface area (Å²) in [6.45, 7) is 2.23. The number of unbranched alkanes of at least 4 members (excludes halogenated alkanes) is 6. The smallest absolute Gasteiger partial charge is 0.150 e. The van der Waals surface area contributed by atoms with Crippen LogP contribution >= 0.6 is 0 Å². The third kappa shape index (κ3) is 4.68. The summed E-state index contributed by atoms with van der Waals surface area (Å²) in [4.78, 5) is 4.25. The zero-order valence-corrected chi connectivity index (χ0v) is 14.0. The molecule has 4 heteroatoms. The molecule has 2 aromatic rings. The summed E-state index contributed by atoms with van der Waals surface area (Å²) in [6, 6.07) is 7.62. The molecule has 0 spiro atoms. The first-order chi connectivity index (χ1) is 11.3. The third-order valence-corrected chi connectivity index (χ3v) is 4.23. The summed E-state index contributed by atoms with van der Waals surface area (Å²) in [5.41, 5.74) is 2.05. The Bertz CT molecular complexity index is 652. The second kappa shape index (κ2) is 9.13. The topological polar surface area (TPSA) is 71.5 Å². The van der Waals surface area contributed by atoms with Gasteiger partial charge in [-0.1, -0.05) is 57.6 Å². The Labute approximate surface area is 138 Å². The summed E-state index contributed by atoms with van der Waals surface area (Å²) < 4.78 is 0. The highest BCUT2D eigenvalue weighted by Crippen LogP contribution is 2.28. The predicted molar refractivity (Wildman–Crippen MR) is 96.7 cm³/mol. The van der Waals surface area contributed by atoms with Crippen LogP contribution in [0.1, 0.15) is 63.9 Å². The molecule has 0 unspecified atom stereocenters. The van der Waals surface area contributed by atoms with Crippen molar-refractivity contribution in [1.29, 1.82) is 0 Å². The number of fused-ring (bicyclic) bond motifs is 1. The molecule has 0 amide bonds. The molecular weight excluding hydrogens is 286 g/mol. The van der Waals surface area contributed by atoms with Crippen molar-refractivity contribution in [2.75, 3.05) is 0 Å². The molecule has 0 aliphatic heterocycles. The van der Waals surface area contributed by atoms with Crippen LogP contribution in [0.4, 0.5) is 0 Å². The fourth-order valence-electron chi connectivity index (χ4n) is 2.88. The first kappa shape index (κ1) is 17.3. The first-order valence-electron chi connectivity index (χ1n) is 8.61. The van der Waals surface area contributed by atoms with Crippen molar-refractivity contribution in [3.8, 4) is 5.75 Å². The Balaban J connectivity index is 1.95. The number of aromatic nitrogens is 1. The van der Waals surface area contributed by atoms with Gasteiger partial charge < -0.3 is 10.9 Å². The summed E-state index contributed by atoms with van der Waals surface area (Å²) in [5, 5.41) is 15.3. The van der Waals surface area contributed by atoms with Crippen LogP contribution in [0.2, 0.25) is 0 Å². The Morgan fingerprint density at radius 3 is 2.57 bits per heavy atom. The molecule has 0 radical (unpaired) electrons. The van der Waals surface area contributed by atoms with E-state index in [1.165, 1.54) is 38.5 Å². The Kier molecular flexibility index (Phi) is 6.85. The number of hydrogen-bond acceptors (Lipinski definition) is 4. The highest BCUT2D eigenvalue weighted by molar-refractivity contribution is 6.06. The highest BCUT2D eigenvalue weighted by Gasteiger charge is 2.12. The zero-order chi connectivity index (χ0) is 16.5. The van der Waals surface area contributed by atoms with Crippen molar-refractivity contribution in [2.24, 2.45) is 10.9 Å². The van der Waals surface area contributed by atoms with Gasteiger partial charge in [0.2, 0.25) is 0 Å². The Morgan fingerprint density at radius 2 is 1.83 bits per heavy atom. The van der Waals surface area contributed by atoms with E-state index in [9.17, 15) is 5.11 Å². The van der Waals surface area contributed by atoms with Crippen LogP contribution in [0.3, 0.4) is 0 Å². The molecule has 0 fully saturated rings. The van der Waals surface area contributed by atoms with Gasteiger partial charge in [-0.2, -0.15) is 5.10 Å². The monoisotopic (exact) mass is 313 g/mol. The maximum absolute atomic E-state index is 10.5. The number of phenolic OH excluding ortho intramolecular Hbond substituents is 1. The lowest BCUT2D eigenvalue weighted by Crippen LogP contribution is -2.05. The number of hydrazone groups is 1. The maximum Gasteiger partial charge on any atom is 0.150 e. The molecule has 0 aliphatic rings. The molecule has 1 heterocycles. The number of pyridine rings is 1.